The number of anilines is 1. The SMILES string of the molecule is COc1cc(N2CCN(C(=O)c3cc4ccccc4[nH]3)CC2)c([N+](=O)[O-])cc1F. The molecule has 0 aliphatic carbocycles. The number of hydrogen-bond acceptors (Lipinski definition) is 5. The molecule has 1 saturated heterocycles. The van der Waals surface area contributed by atoms with Gasteiger partial charge in [-0.05, 0) is 12.1 Å². The quantitative estimate of drug-likeness (QED) is 0.538. The zero-order valence-corrected chi connectivity index (χ0v) is 15.7. The molecule has 0 unspecified atom stereocenters. The third-order valence-corrected chi connectivity index (χ3v) is 5.11. The first-order valence-corrected chi connectivity index (χ1v) is 9.12. The Kier molecular flexibility index (Phi) is 4.79. The molecule has 1 aliphatic heterocycles. The van der Waals surface area contributed by atoms with Gasteiger partial charge in [0.25, 0.3) is 11.6 Å². The summed E-state index contributed by atoms with van der Waals surface area (Å²) in [6.45, 7) is 1.57. The van der Waals surface area contributed by atoms with E-state index in [1.165, 1.54) is 13.2 Å². The summed E-state index contributed by atoms with van der Waals surface area (Å²) in [6.07, 6.45) is 0. The number of carbonyl (C=O) groups is 1. The van der Waals surface area contributed by atoms with Crippen molar-refractivity contribution in [2.75, 3.05) is 38.2 Å². The standard InChI is InChI=1S/C20H19FN4O4/c1-29-19-12-17(18(25(27)28)11-14(19)21)23-6-8-24(9-7-23)20(26)16-10-13-4-2-3-5-15(13)22-16/h2-5,10-12,22H,6-9H2,1H3. The normalized spacial score (nSPS) is 14.3. The number of amides is 1. The van der Waals surface area contributed by atoms with Crippen LogP contribution in [-0.4, -0.2) is 54.0 Å². The lowest BCUT2D eigenvalue weighted by atomic mass is 10.2. The van der Waals surface area contributed by atoms with Crippen LogP contribution in [0.15, 0.2) is 42.5 Å². The van der Waals surface area contributed by atoms with Gasteiger partial charge in [0.05, 0.1) is 18.1 Å². The number of rotatable bonds is 4. The van der Waals surface area contributed by atoms with Crippen LogP contribution in [0.5, 0.6) is 5.75 Å². The summed E-state index contributed by atoms with van der Waals surface area (Å²) in [6, 6.07) is 11.7. The lowest BCUT2D eigenvalue weighted by molar-refractivity contribution is -0.384. The number of nitrogens with zero attached hydrogens (tertiary/aromatic N) is 3. The number of fused-ring (bicyclic) bond motifs is 1. The minimum absolute atomic E-state index is 0.0535. The fourth-order valence-corrected chi connectivity index (χ4v) is 3.60. The molecular formula is C20H19FN4O4. The van der Waals surface area contributed by atoms with Gasteiger partial charge < -0.3 is 19.5 Å². The van der Waals surface area contributed by atoms with Crippen LogP contribution in [0.3, 0.4) is 0 Å². The molecule has 3 aromatic rings. The van der Waals surface area contributed by atoms with Crippen LogP contribution in [0.2, 0.25) is 0 Å². The van der Waals surface area contributed by atoms with Crippen LogP contribution >= 0.6 is 0 Å². The van der Waals surface area contributed by atoms with Crippen molar-refractivity contribution in [2.45, 2.75) is 0 Å². The van der Waals surface area contributed by atoms with E-state index in [4.69, 9.17) is 4.74 Å². The Hall–Kier alpha value is -3.62. The van der Waals surface area contributed by atoms with E-state index in [9.17, 15) is 19.3 Å². The summed E-state index contributed by atoms with van der Waals surface area (Å²) in [4.78, 5) is 30.2. The Labute approximate surface area is 165 Å². The van der Waals surface area contributed by atoms with E-state index in [1.54, 1.807) is 9.80 Å². The van der Waals surface area contributed by atoms with Gasteiger partial charge in [-0.2, -0.15) is 0 Å². The number of aromatic amines is 1. The summed E-state index contributed by atoms with van der Waals surface area (Å²) in [5.74, 6) is -0.954. The van der Waals surface area contributed by atoms with Crippen LogP contribution in [0.1, 0.15) is 10.5 Å². The van der Waals surface area contributed by atoms with Gasteiger partial charge in [-0.1, -0.05) is 18.2 Å². The van der Waals surface area contributed by atoms with Gasteiger partial charge in [-0.15, -0.1) is 0 Å². The molecule has 1 aliphatic rings. The summed E-state index contributed by atoms with van der Waals surface area (Å²) < 4.78 is 18.9. The Bertz CT molecular complexity index is 1060. The minimum Gasteiger partial charge on any atom is -0.494 e. The van der Waals surface area contributed by atoms with Gasteiger partial charge in [0.15, 0.2) is 11.6 Å². The van der Waals surface area contributed by atoms with E-state index in [-0.39, 0.29) is 23.0 Å². The third kappa shape index (κ3) is 3.46. The summed E-state index contributed by atoms with van der Waals surface area (Å²) in [5, 5.41) is 12.3. The smallest absolute Gasteiger partial charge is 0.295 e. The molecule has 1 N–H and O–H groups in total. The minimum atomic E-state index is -0.782. The molecule has 0 saturated carbocycles. The predicted octanol–water partition coefficient (Wildman–Crippen LogP) is 3.19. The molecule has 2 aromatic carbocycles. The Balaban J connectivity index is 1.52. The monoisotopic (exact) mass is 398 g/mol. The van der Waals surface area contributed by atoms with Crippen molar-refractivity contribution in [3.8, 4) is 5.75 Å². The summed E-state index contributed by atoms with van der Waals surface area (Å²) in [7, 11) is 1.31. The molecule has 0 atom stereocenters. The molecule has 1 amide bonds. The zero-order valence-electron chi connectivity index (χ0n) is 15.7. The van der Waals surface area contributed by atoms with E-state index < -0.39 is 10.7 Å². The predicted molar refractivity (Wildman–Crippen MR) is 106 cm³/mol. The van der Waals surface area contributed by atoms with Crippen LogP contribution in [-0.2, 0) is 0 Å². The van der Waals surface area contributed by atoms with E-state index in [0.29, 0.717) is 31.9 Å². The number of halogens is 1. The number of ether oxygens (including phenoxy) is 1. The fourth-order valence-electron chi connectivity index (χ4n) is 3.60. The van der Waals surface area contributed by atoms with Crippen molar-refractivity contribution in [1.82, 2.24) is 9.88 Å². The van der Waals surface area contributed by atoms with Crippen LogP contribution in [0.4, 0.5) is 15.8 Å². The van der Waals surface area contributed by atoms with Crippen molar-refractivity contribution in [3.63, 3.8) is 0 Å². The lowest BCUT2D eigenvalue weighted by Gasteiger charge is -2.35. The third-order valence-electron chi connectivity index (χ3n) is 5.11. The maximum atomic E-state index is 13.9. The molecule has 2 heterocycles. The second kappa shape index (κ2) is 7.42. The second-order valence-corrected chi connectivity index (χ2v) is 6.78. The number of para-hydroxylation sites is 1. The first-order valence-electron chi connectivity index (χ1n) is 9.12. The molecule has 0 spiro atoms. The van der Waals surface area contributed by atoms with E-state index in [2.05, 4.69) is 4.98 Å². The number of H-pyrrole nitrogens is 1. The number of nitro groups is 1. The maximum absolute atomic E-state index is 13.9. The highest BCUT2D eigenvalue weighted by Gasteiger charge is 2.28. The van der Waals surface area contributed by atoms with Crippen molar-refractivity contribution in [3.05, 3.63) is 64.1 Å². The number of piperazine rings is 1. The first-order chi connectivity index (χ1) is 14.0. The molecule has 9 heteroatoms. The molecular weight excluding hydrogens is 379 g/mol. The van der Waals surface area contributed by atoms with Crippen LogP contribution < -0.4 is 9.64 Å². The Morgan fingerprint density at radius 3 is 2.55 bits per heavy atom. The number of nitro benzene ring substituents is 1. The van der Waals surface area contributed by atoms with Gasteiger partial charge in [0.2, 0.25) is 0 Å². The molecule has 8 nitrogen and oxygen atoms in total. The topological polar surface area (TPSA) is 91.7 Å². The Morgan fingerprint density at radius 2 is 1.90 bits per heavy atom. The van der Waals surface area contributed by atoms with Gasteiger partial charge >= 0.3 is 0 Å². The largest absolute Gasteiger partial charge is 0.494 e. The van der Waals surface area contributed by atoms with Crippen LogP contribution in [0.25, 0.3) is 10.9 Å². The highest BCUT2D eigenvalue weighted by molar-refractivity contribution is 5.98. The number of hydrogen-bond donors (Lipinski definition) is 1. The molecule has 1 fully saturated rings. The molecule has 150 valence electrons. The van der Waals surface area contributed by atoms with Gasteiger partial charge in [0.1, 0.15) is 11.4 Å². The van der Waals surface area contributed by atoms with E-state index in [0.717, 1.165) is 17.0 Å². The molecule has 29 heavy (non-hydrogen) atoms. The average molecular weight is 398 g/mol. The average Bonchev–Trinajstić information content (AvgIpc) is 3.17. The highest BCUT2D eigenvalue weighted by Crippen LogP contribution is 2.35. The molecule has 0 bridgehead atoms. The van der Waals surface area contributed by atoms with E-state index in [1.807, 2.05) is 30.3 Å². The fraction of sp³-hybridized carbons (Fsp3) is 0.250. The highest BCUT2D eigenvalue weighted by atomic mass is 19.1. The number of nitrogens with one attached hydrogen (secondary N) is 1. The van der Waals surface area contributed by atoms with Crippen LogP contribution in [0, 0.1) is 15.9 Å². The summed E-state index contributed by atoms with van der Waals surface area (Å²) >= 11 is 0. The van der Waals surface area contributed by atoms with Gasteiger partial charge in [0, 0.05) is 43.1 Å². The lowest BCUT2D eigenvalue weighted by Crippen LogP contribution is -2.49. The number of carbonyl (C=O) groups excluding carboxylic acids is 1. The molecule has 4 rings (SSSR count). The molecule has 0 radical (unpaired) electrons. The number of methoxy groups -OCH3 is 1. The number of aromatic nitrogens is 1. The second-order valence-electron chi connectivity index (χ2n) is 6.78. The van der Waals surface area contributed by atoms with Crippen molar-refractivity contribution in [2.24, 2.45) is 0 Å². The van der Waals surface area contributed by atoms with Crippen molar-refractivity contribution in [1.29, 1.82) is 0 Å². The number of benzene rings is 2. The van der Waals surface area contributed by atoms with Gasteiger partial charge in [-0.3, -0.25) is 14.9 Å². The van der Waals surface area contributed by atoms with Crippen molar-refractivity contribution >= 4 is 28.2 Å². The van der Waals surface area contributed by atoms with Crippen molar-refractivity contribution < 1.29 is 18.8 Å². The first kappa shape index (κ1) is 18.7. The molecule has 1 aromatic heterocycles. The van der Waals surface area contributed by atoms with Gasteiger partial charge in [-0.25, -0.2) is 4.39 Å². The zero-order chi connectivity index (χ0) is 20.5. The Morgan fingerprint density at radius 1 is 1.17 bits per heavy atom. The maximum Gasteiger partial charge on any atom is 0.295 e. The summed E-state index contributed by atoms with van der Waals surface area (Å²) in [5.41, 5.74) is 1.36. The van der Waals surface area contributed by atoms with E-state index >= 15 is 0 Å².